The maximum atomic E-state index is 5.83. The molecule has 2 N–H and O–H groups in total. The molecule has 0 fully saturated rings. The number of nitrogens with zero attached hydrogens (tertiary/aromatic N) is 1. The van der Waals surface area contributed by atoms with Gasteiger partial charge in [-0.25, -0.2) is 0 Å². The Morgan fingerprint density at radius 3 is 2.72 bits per heavy atom. The van der Waals surface area contributed by atoms with Crippen molar-refractivity contribution in [3.05, 3.63) is 12.1 Å². The Kier molecular flexibility index (Phi) is 6.33. The molecule has 0 aromatic carbocycles. The monoisotopic (exact) mass is 252 g/mol. The summed E-state index contributed by atoms with van der Waals surface area (Å²) < 4.78 is 10.8. The minimum atomic E-state index is 0.476. The molecule has 0 amide bonds. The lowest BCUT2D eigenvalue weighted by molar-refractivity contribution is 0.224. The van der Waals surface area contributed by atoms with Gasteiger partial charge in [0.2, 0.25) is 11.8 Å². The smallest absolute Gasteiger partial charge is 0.240 e. The van der Waals surface area contributed by atoms with Gasteiger partial charge in [0.25, 0.3) is 0 Å². The molecule has 4 nitrogen and oxygen atoms in total. The van der Waals surface area contributed by atoms with E-state index >= 15 is 0 Å². The number of aromatic nitrogens is 1. The zero-order valence-electron chi connectivity index (χ0n) is 11.6. The van der Waals surface area contributed by atoms with Crippen LogP contribution in [0.1, 0.15) is 39.5 Å². The Morgan fingerprint density at radius 2 is 2.11 bits per heavy atom. The molecule has 0 saturated carbocycles. The van der Waals surface area contributed by atoms with E-state index in [1.54, 1.807) is 19.2 Å². The van der Waals surface area contributed by atoms with Gasteiger partial charge in [0.15, 0.2) is 0 Å². The third-order valence-corrected chi connectivity index (χ3v) is 3.07. The zero-order valence-corrected chi connectivity index (χ0v) is 11.6. The summed E-state index contributed by atoms with van der Waals surface area (Å²) in [7, 11) is 1.58. The molecular formula is C14H24N2O2. The zero-order chi connectivity index (χ0) is 13.4. The van der Waals surface area contributed by atoms with Crippen molar-refractivity contribution >= 4 is 5.69 Å². The van der Waals surface area contributed by atoms with Crippen molar-refractivity contribution in [3.8, 4) is 11.8 Å². The normalized spacial score (nSPS) is 12.2. The number of ether oxygens (including phenoxy) is 2. The maximum Gasteiger partial charge on any atom is 0.240 e. The van der Waals surface area contributed by atoms with Gasteiger partial charge in [-0.3, -0.25) is 0 Å². The summed E-state index contributed by atoms with van der Waals surface area (Å²) in [5.41, 5.74) is 6.39. The molecule has 0 saturated heterocycles. The van der Waals surface area contributed by atoms with Crippen molar-refractivity contribution in [2.24, 2.45) is 5.92 Å². The van der Waals surface area contributed by atoms with E-state index in [0.717, 1.165) is 6.42 Å². The Hall–Kier alpha value is -1.45. The fourth-order valence-corrected chi connectivity index (χ4v) is 1.76. The number of rotatable bonds is 8. The third-order valence-electron chi connectivity index (χ3n) is 3.07. The molecule has 0 aliphatic rings. The number of pyridine rings is 1. The summed E-state index contributed by atoms with van der Waals surface area (Å²) in [6, 6.07) is 3.49. The van der Waals surface area contributed by atoms with E-state index in [-0.39, 0.29) is 0 Å². The molecule has 0 bridgehead atoms. The van der Waals surface area contributed by atoms with Crippen molar-refractivity contribution in [1.29, 1.82) is 0 Å². The number of nitrogen functional groups attached to an aromatic ring is 1. The van der Waals surface area contributed by atoms with Crippen LogP contribution in [0.25, 0.3) is 0 Å². The lowest BCUT2D eigenvalue weighted by Crippen LogP contribution is -2.13. The first-order chi connectivity index (χ1) is 8.71. The van der Waals surface area contributed by atoms with E-state index in [0.29, 0.717) is 30.0 Å². The van der Waals surface area contributed by atoms with Crippen LogP contribution in [0.5, 0.6) is 11.8 Å². The number of unbranched alkanes of at least 4 members (excludes halogenated alkanes) is 1. The minimum absolute atomic E-state index is 0.476. The van der Waals surface area contributed by atoms with Crippen LogP contribution in [0.3, 0.4) is 0 Å². The molecule has 0 radical (unpaired) electrons. The van der Waals surface area contributed by atoms with Crippen LogP contribution >= 0.6 is 0 Å². The topological polar surface area (TPSA) is 57.4 Å². The highest BCUT2D eigenvalue weighted by atomic mass is 16.5. The molecule has 1 unspecified atom stereocenters. The summed E-state index contributed by atoms with van der Waals surface area (Å²) in [6.07, 6.45) is 4.76. The molecule has 1 heterocycles. The first kappa shape index (κ1) is 14.6. The summed E-state index contributed by atoms with van der Waals surface area (Å²) in [6.45, 7) is 5.06. The van der Waals surface area contributed by atoms with E-state index in [1.165, 1.54) is 19.3 Å². The van der Waals surface area contributed by atoms with Gasteiger partial charge in [-0.05, 0) is 18.4 Å². The second-order valence-electron chi connectivity index (χ2n) is 4.48. The Balaban J connectivity index is 2.55. The molecule has 1 aromatic rings. The van der Waals surface area contributed by atoms with Crippen molar-refractivity contribution < 1.29 is 9.47 Å². The average molecular weight is 252 g/mol. The highest BCUT2D eigenvalue weighted by molar-refractivity contribution is 5.49. The molecular weight excluding hydrogens is 228 g/mol. The highest BCUT2D eigenvalue weighted by Gasteiger charge is 2.10. The first-order valence-corrected chi connectivity index (χ1v) is 6.64. The Bertz CT molecular complexity index is 356. The SMILES string of the molecule is CCCCC(CC)COc1nc(OC)ccc1N. The number of methoxy groups -OCH3 is 1. The van der Waals surface area contributed by atoms with E-state index < -0.39 is 0 Å². The molecule has 0 aliphatic heterocycles. The van der Waals surface area contributed by atoms with Crippen LogP contribution < -0.4 is 15.2 Å². The second kappa shape index (κ2) is 7.80. The standard InChI is InChI=1S/C14H24N2O2/c1-4-6-7-11(5-2)10-18-14-12(15)8-9-13(16-14)17-3/h8-9,11H,4-7,10,15H2,1-3H3. The van der Waals surface area contributed by atoms with Crippen LogP contribution in [0.4, 0.5) is 5.69 Å². The van der Waals surface area contributed by atoms with E-state index in [2.05, 4.69) is 18.8 Å². The van der Waals surface area contributed by atoms with Gasteiger partial charge in [-0.2, -0.15) is 4.98 Å². The number of anilines is 1. The fourth-order valence-electron chi connectivity index (χ4n) is 1.76. The summed E-state index contributed by atoms with van der Waals surface area (Å²) in [4.78, 5) is 4.21. The first-order valence-electron chi connectivity index (χ1n) is 6.64. The number of hydrogen-bond acceptors (Lipinski definition) is 4. The molecule has 18 heavy (non-hydrogen) atoms. The van der Waals surface area contributed by atoms with E-state index in [9.17, 15) is 0 Å². The lowest BCUT2D eigenvalue weighted by Gasteiger charge is -2.16. The highest BCUT2D eigenvalue weighted by Crippen LogP contribution is 2.23. The maximum absolute atomic E-state index is 5.83. The predicted octanol–water partition coefficient (Wildman–Crippen LogP) is 3.27. The second-order valence-corrected chi connectivity index (χ2v) is 4.48. The minimum Gasteiger partial charge on any atom is -0.481 e. The summed E-state index contributed by atoms with van der Waals surface area (Å²) in [5.74, 6) is 1.57. The van der Waals surface area contributed by atoms with Crippen molar-refractivity contribution in [2.45, 2.75) is 39.5 Å². The Morgan fingerprint density at radius 1 is 1.33 bits per heavy atom. The molecule has 102 valence electrons. The van der Waals surface area contributed by atoms with Crippen LogP contribution in [-0.2, 0) is 0 Å². The molecule has 4 heteroatoms. The van der Waals surface area contributed by atoms with Crippen LogP contribution in [0.2, 0.25) is 0 Å². The van der Waals surface area contributed by atoms with Gasteiger partial charge >= 0.3 is 0 Å². The molecule has 1 aromatic heterocycles. The molecule has 1 atom stereocenters. The van der Waals surface area contributed by atoms with Crippen molar-refractivity contribution in [2.75, 3.05) is 19.5 Å². The average Bonchev–Trinajstić information content (AvgIpc) is 2.40. The van der Waals surface area contributed by atoms with Gasteiger partial charge in [-0.1, -0.05) is 33.1 Å². The lowest BCUT2D eigenvalue weighted by atomic mass is 10.0. The largest absolute Gasteiger partial charge is 0.481 e. The molecule has 0 spiro atoms. The van der Waals surface area contributed by atoms with Gasteiger partial charge < -0.3 is 15.2 Å². The van der Waals surface area contributed by atoms with Crippen LogP contribution in [-0.4, -0.2) is 18.7 Å². The third kappa shape index (κ3) is 4.43. The van der Waals surface area contributed by atoms with Gasteiger partial charge in [-0.15, -0.1) is 0 Å². The molecule has 1 rings (SSSR count). The summed E-state index contributed by atoms with van der Waals surface area (Å²) in [5, 5.41) is 0. The summed E-state index contributed by atoms with van der Waals surface area (Å²) >= 11 is 0. The van der Waals surface area contributed by atoms with Gasteiger partial charge in [0.1, 0.15) is 0 Å². The molecule has 0 aliphatic carbocycles. The Labute approximate surface area is 110 Å². The number of nitrogens with two attached hydrogens (primary N) is 1. The van der Waals surface area contributed by atoms with Crippen molar-refractivity contribution in [1.82, 2.24) is 4.98 Å². The van der Waals surface area contributed by atoms with Crippen LogP contribution in [0.15, 0.2) is 12.1 Å². The van der Waals surface area contributed by atoms with Gasteiger partial charge in [0.05, 0.1) is 19.4 Å². The predicted molar refractivity (Wildman–Crippen MR) is 74.0 cm³/mol. The van der Waals surface area contributed by atoms with E-state index in [1.807, 2.05) is 0 Å². The van der Waals surface area contributed by atoms with E-state index in [4.69, 9.17) is 15.2 Å². The quantitative estimate of drug-likeness (QED) is 0.771. The fraction of sp³-hybridized carbons (Fsp3) is 0.643. The van der Waals surface area contributed by atoms with Crippen LogP contribution in [0, 0.1) is 5.92 Å². The number of hydrogen-bond donors (Lipinski definition) is 1. The van der Waals surface area contributed by atoms with Crippen molar-refractivity contribution in [3.63, 3.8) is 0 Å². The van der Waals surface area contributed by atoms with Gasteiger partial charge in [0, 0.05) is 6.07 Å².